The van der Waals surface area contributed by atoms with Crippen LogP contribution in [-0.2, 0) is 0 Å². The number of nitrogens with two attached hydrogens (primary N) is 1. The molecule has 7 heteroatoms. The van der Waals surface area contributed by atoms with Crippen LogP contribution >= 0.6 is 34.1 Å². The zero-order valence-electron chi connectivity index (χ0n) is 11.1. The molecule has 0 bridgehead atoms. The summed E-state index contributed by atoms with van der Waals surface area (Å²) in [6.45, 7) is 3.83. The number of halogens is 1. The molecule has 0 saturated carbocycles. The molecule has 0 saturated heterocycles. The number of rotatable bonds is 4. The smallest absolute Gasteiger partial charge is 0.271 e. The van der Waals surface area contributed by atoms with E-state index in [1.807, 2.05) is 38.1 Å². The number of hydrogen-bond donors (Lipinski definition) is 3. The lowest BCUT2D eigenvalue weighted by Crippen LogP contribution is -2.23. The van der Waals surface area contributed by atoms with Gasteiger partial charge in [-0.3, -0.25) is 14.2 Å². The molecule has 5 nitrogen and oxygen atoms in total. The monoisotopic (exact) mass is 402 g/mol. The van der Waals surface area contributed by atoms with E-state index in [1.54, 1.807) is 0 Å². The first-order valence-corrected chi connectivity index (χ1v) is 7.94. The average molecular weight is 402 g/mol. The van der Waals surface area contributed by atoms with Crippen molar-refractivity contribution in [2.24, 2.45) is 10.7 Å². The Morgan fingerprint density at radius 3 is 2.65 bits per heavy atom. The third-order valence-corrected chi connectivity index (χ3v) is 3.97. The van der Waals surface area contributed by atoms with Crippen molar-refractivity contribution < 1.29 is 0 Å². The normalized spacial score (nSPS) is 11.9. The minimum Gasteiger partial charge on any atom is -0.383 e. The van der Waals surface area contributed by atoms with Crippen LogP contribution in [0.5, 0.6) is 0 Å². The second kappa shape index (κ2) is 6.40. The molecule has 4 N–H and O–H groups in total. The Kier molecular flexibility index (Phi) is 4.81. The summed E-state index contributed by atoms with van der Waals surface area (Å²) in [6.07, 6.45) is 0. The molecule has 0 amide bonds. The van der Waals surface area contributed by atoms with Crippen molar-refractivity contribution in [3.63, 3.8) is 0 Å². The molecule has 1 heterocycles. The lowest BCUT2D eigenvalue weighted by Gasteiger charge is -2.06. The van der Waals surface area contributed by atoms with E-state index in [0.29, 0.717) is 10.6 Å². The lowest BCUT2D eigenvalue weighted by atomic mass is 10.2. The number of aliphatic imine (C=N–C) groups is 1. The lowest BCUT2D eigenvalue weighted by molar-refractivity contribution is 0.834. The number of aromatic nitrogens is 1. The minimum absolute atomic E-state index is 0.0421. The van der Waals surface area contributed by atoms with Crippen molar-refractivity contribution in [1.82, 2.24) is 4.37 Å². The van der Waals surface area contributed by atoms with Crippen LogP contribution in [-0.4, -0.2) is 16.3 Å². The van der Waals surface area contributed by atoms with E-state index in [-0.39, 0.29) is 17.4 Å². The zero-order chi connectivity index (χ0) is 14.7. The van der Waals surface area contributed by atoms with Crippen LogP contribution in [0.2, 0.25) is 0 Å². The summed E-state index contributed by atoms with van der Waals surface area (Å²) < 4.78 is 3.83. The Bertz CT molecular complexity index is 672. The van der Waals surface area contributed by atoms with Crippen molar-refractivity contribution in [3.05, 3.63) is 43.8 Å². The maximum atomic E-state index is 11.9. The number of nitrogens with one attached hydrogen (secondary N) is 2. The fourth-order valence-electron chi connectivity index (χ4n) is 1.63. The number of hydrogen-bond acceptors (Lipinski definition) is 4. The van der Waals surface area contributed by atoms with Crippen LogP contribution in [0.25, 0.3) is 0 Å². The van der Waals surface area contributed by atoms with Crippen molar-refractivity contribution in [3.8, 4) is 0 Å². The Balaban J connectivity index is 2.34. The first kappa shape index (κ1) is 15.0. The molecule has 0 fully saturated rings. The summed E-state index contributed by atoms with van der Waals surface area (Å²) in [7, 11) is 0. The molecule has 20 heavy (non-hydrogen) atoms. The summed E-state index contributed by atoms with van der Waals surface area (Å²) in [4.78, 5) is 16.1. The van der Waals surface area contributed by atoms with Gasteiger partial charge < -0.3 is 11.1 Å². The molecule has 0 aliphatic rings. The van der Waals surface area contributed by atoms with E-state index >= 15 is 0 Å². The highest BCUT2D eigenvalue weighted by Crippen LogP contribution is 2.23. The second-order valence-electron chi connectivity index (χ2n) is 4.48. The summed E-state index contributed by atoms with van der Waals surface area (Å²) >= 11 is 3.46. The van der Waals surface area contributed by atoms with Crippen molar-refractivity contribution >= 4 is 50.6 Å². The van der Waals surface area contributed by atoms with Gasteiger partial charge in [0.15, 0.2) is 0 Å². The van der Waals surface area contributed by atoms with Gasteiger partial charge in [-0.1, -0.05) is 0 Å². The quantitative estimate of drug-likeness (QED) is 0.418. The number of amidine groups is 1. The van der Waals surface area contributed by atoms with Crippen molar-refractivity contribution in [1.29, 1.82) is 0 Å². The van der Waals surface area contributed by atoms with Gasteiger partial charge in [-0.15, -0.1) is 0 Å². The molecule has 2 aromatic rings. The number of anilines is 2. The van der Waals surface area contributed by atoms with Crippen LogP contribution in [0, 0.1) is 3.57 Å². The molecule has 0 atom stereocenters. The van der Waals surface area contributed by atoms with Crippen LogP contribution in [0.15, 0.2) is 34.1 Å². The molecular weight excluding hydrogens is 387 g/mol. The van der Waals surface area contributed by atoms with Crippen LogP contribution in [0.3, 0.4) is 0 Å². The molecule has 0 aliphatic heterocycles. The summed E-state index contributed by atoms with van der Waals surface area (Å²) in [5.41, 5.74) is 7.00. The predicted molar refractivity (Wildman–Crippen MR) is 93.2 cm³/mol. The van der Waals surface area contributed by atoms with Gasteiger partial charge in [0.2, 0.25) is 0 Å². The van der Waals surface area contributed by atoms with E-state index in [4.69, 9.17) is 5.73 Å². The van der Waals surface area contributed by atoms with Gasteiger partial charge in [0.25, 0.3) is 5.56 Å². The highest BCUT2D eigenvalue weighted by atomic mass is 127. The maximum Gasteiger partial charge on any atom is 0.271 e. The number of aromatic amines is 1. The third kappa shape index (κ3) is 3.60. The van der Waals surface area contributed by atoms with Gasteiger partial charge >= 0.3 is 0 Å². The van der Waals surface area contributed by atoms with E-state index in [2.05, 4.69) is 37.3 Å². The standard InChI is InChI=1S/C13H15IN4OS/c1-7(2)16-11(15)10-12(19)18-20-13(10)17-9-5-3-8(14)4-6-9/h3-7,17H,1-2H3,(H2,15,16)(H,18,19). The summed E-state index contributed by atoms with van der Waals surface area (Å²) in [5.74, 6) is 0.260. The largest absolute Gasteiger partial charge is 0.383 e. The minimum atomic E-state index is -0.218. The number of nitrogens with zero attached hydrogens (tertiary/aromatic N) is 1. The Labute approximate surface area is 134 Å². The molecular formula is C13H15IN4OS. The zero-order valence-corrected chi connectivity index (χ0v) is 14.1. The highest BCUT2D eigenvalue weighted by Gasteiger charge is 2.15. The van der Waals surface area contributed by atoms with Gasteiger partial charge in [0.05, 0.1) is 0 Å². The predicted octanol–water partition coefficient (Wildman–Crippen LogP) is 2.90. The molecule has 0 aliphatic carbocycles. The van der Waals surface area contributed by atoms with E-state index in [9.17, 15) is 4.79 Å². The maximum absolute atomic E-state index is 11.9. The topological polar surface area (TPSA) is 83.3 Å². The first-order valence-electron chi connectivity index (χ1n) is 6.05. The summed E-state index contributed by atoms with van der Waals surface area (Å²) in [6, 6.07) is 7.92. The Morgan fingerprint density at radius 2 is 2.05 bits per heavy atom. The second-order valence-corrected chi connectivity index (χ2v) is 6.54. The van der Waals surface area contributed by atoms with Crippen molar-refractivity contribution in [2.75, 3.05) is 5.32 Å². The fraction of sp³-hybridized carbons (Fsp3) is 0.231. The Hall–Kier alpha value is -1.35. The SMILES string of the molecule is CC(C)N=C(N)c1c(Nc2ccc(I)cc2)s[nH]c1=O. The van der Waals surface area contributed by atoms with Crippen molar-refractivity contribution in [2.45, 2.75) is 19.9 Å². The van der Waals surface area contributed by atoms with Gasteiger partial charge in [0.1, 0.15) is 16.4 Å². The van der Waals surface area contributed by atoms with Gasteiger partial charge in [-0.25, -0.2) is 0 Å². The summed E-state index contributed by atoms with van der Waals surface area (Å²) in [5, 5.41) is 3.88. The Morgan fingerprint density at radius 1 is 1.40 bits per heavy atom. The van der Waals surface area contributed by atoms with Gasteiger partial charge in [0, 0.05) is 15.3 Å². The van der Waals surface area contributed by atoms with Crippen LogP contribution < -0.4 is 16.6 Å². The van der Waals surface area contributed by atoms with E-state index in [0.717, 1.165) is 9.26 Å². The van der Waals surface area contributed by atoms with E-state index in [1.165, 1.54) is 11.5 Å². The molecule has 2 rings (SSSR count). The van der Waals surface area contributed by atoms with Gasteiger partial charge in [-0.2, -0.15) is 0 Å². The van der Waals surface area contributed by atoms with Crippen LogP contribution in [0.4, 0.5) is 10.7 Å². The van der Waals surface area contributed by atoms with Gasteiger partial charge in [-0.05, 0) is 72.2 Å². The average Bonchev–Trinajstić information content (AvgIpc) is 2.72. The molecule has 0 radical (unpaired) electrons. The first-order chi connectivity index (χ1) is 9.47. The molecule has 1 aromatic heterocycles. The molecule has 1 aromatic carbocycles. The molecule has 0 spiro atoms. The molecule has 106 valence electrons. The number of H-pyrrole nitrogens is 1. The molecule has 0 unspecified atom stereocenters. The third-order valence-electron chi connectivity index (χ3n) is 2.46. The highest BCUT2D eigenvalue weighted by molar-refractivity contribution is 14.1. The number of benzene rings is 1. The van der Waals surface area contributed by atoms with E-state index < -0.39 is 0 Å². The fourth-order valence-corrected chi connectivity index (χ4v) is 2.75. The van der Waals surface area contributed by atoms with Crippen LogP contribution in [0.1, 0.15) is 19.4 Å².